The predicted molar refractivity (Wildman–Crippen MR) is 258 cm³/mol. The van der Waals surface area contributed by atoms with Crippen LogP contribution >= 0.6 is 23.2 Å². The number of Topliss-reactive ketones (excluding diaryl/α,β-unsaturated/α-hetero) is 1. The Morgan fingerprint density at radius 2 is 1.09 bits per heavy atom. The van der Waals surface area contributed by atoms with E-state index in [0.29, 0.717) is 47.7 Å². The van der Waals surface area contributed by atoms with Crippen molar-refractivity contribution in [3.63, 3.8) is 0 Å². The first-order valence-corrected chi connectivity index (χ1v) is 22.7. The number of hydrogen-bond donors (Lipinski definition) is 3. The van der Waals surface area contributed by atoms with Crippen LogP contribution in [0.25, 0.3) is 21.8 Å². The molecule has 2 aliphatic rings. The third-order valence-electron chi connectivity index (χ3n) is 12.1. The van der Waals surface area contributed by atoms with Crippen LogP contribution in [0.2, 0.25) is 10.0 Å². The number of piperazine rings is 2. The van der Waals surface area contributed by atoms with Crippen LogP contribution in [0.3, 0.4) is 0 Å². The Labute approximate surface area is 394 Å². The summed E-state index contributed by atoms with van der Waals surface area (Å²) in [7, 11) is 6.78. The lowest BCUT2D eigenvalue weighted by Gasteiger charge is -2.44. The second-order valence-electron chi connectivity index (χ2n) is 17.4. The van der Waals surface area contributed by atoms with Gasteiger partial charge >= 0.3 is 0 Å². The van der Waals surface area contributed by atoms with Crippen molar-refractivity contribution < 1.29 is 28.0 Å². The maximum atomic E-state index is 13.6. The van der Waals surface area contributed by atoms with Gasteiger partial charge in [0, 0.05) is 112 Å². The molecule has 2 aromatic heterocycles. The largest absolute Gasteiger partial charge is 0.361 e. The average Bonchev–Trinajstić information content (AvgIpc) is 3.92. The molecule has 350 valence electrons. The Morgan fingerprint density at radius 1 is 0.636 bits per heavy atom. The van der Waals surface area contributed by atoms with Gasteiger partial charge in [0.2, 0.25) is 0 Å². The second kappa shape index (κ2) is 21.8. The van der Waals surface area contributed by atoms with Gasteiger partial charge in [-0.15, -0.1) is 0 Å². The monoisotopic (exact) mass is 942 g/mol. The van der Waals surface area contributed by atoms with Crippen LogP contribution in [0.1, 0.15) is 69.9 Å². The number of halogens is 4. The van der Waals surface area contributed by atoms with E-state index in [9.17, 15) is 28.0 Å². The van der Waals surface area contributed by atoms with E-state index in [0.717, 1.165) is 35.1 Å². The zero-order chi connectivity index (χ0) is 48.0. The highest BCUT2D eigenvalue weighted by Crippen LogP contribution is 2.31. The first-order valence-electron chi connectivity index (χ1n) is 21.9. The van der Waals surface area contributed by atoms with Crippen molar-refractivity contribution in [2.75, 3.05) is 54.4 Å². The van der Waals surface area contributed by atoms with E-state index >= 15 is 0 Å². The van der Waals surface area contributed by atoms with Gasteiger partial charge in [0.15, 0.2) is 0 Å². The lowest BCUT2D eigenvalue weighted by atomic mass is 10.0. The number of rotatable bonds is 8. The van der Waals surface area contributed by atoms with Crippen LogP contribution in [0, 0.1) is 11.6 Å². The maximum Gasteiger partial charge on any atom is 0.294 e. The van der Waals surface area contributed by atoms with Crippen molar-refractivity contribution in [3.8, 4) is 0 Å². The lowest BCUT2D eigenvalue weighted by Crippen LogP contribution is -2.57. The molecule has 4 aromatic carbocycles. The first kappa shape index (κ1) is 49.8. The van der Waals surface area contributed by atoms with Gasteiger partial charge in [-0.25, -0.2) is 8.78 Å². The molecule has 0 spiro atoms. The Morgan fingerprint density at radius 3 is 1.56 bits per heavy atom. The molecule has 8 rings (SSSR count). The topological polar surface area (TPSA) is 128 Å². The summed E-state index contributed by atoms with van der Waals surface area (Å²) in [6.45, 7) is 12.1. The summed E-state index contributed by atoms with van der Waals surface area (Å²) >= 11 is 12.9. The van der Waals surface area contributed by atoms with Crippen molar-refractivity contribution in [2.24, 2.45) is 0 Å². The van der Waals surface area contributed by atoms with Crippen LogP contribution < -0.4 is 5.32 Å². The molecule has 0 unspecified atom stereocenters. The maximum absolute atomic E-state index is 13.6. The third-order valence-corrected chi connectivity index (χ3v) is 12.7. The van der Waals surface area contributed by atoms with Crippen LogP contribution in [-0.2, 0) is 17.9 Å². The van der Waals surface area contributed by atoms with Gasteiger partial charge in [-0.1, -0.05) is 47.5 Å². The molecule has 2 aliphatic heterocycles. The van der Waals surface area contributed by atoms with Gasteiger partial charge in [0.25, 0.3) is 23.5 Å². The SMILES string of the molecule is CNC.C[C@@H]1CN(Cc2ccc(F)cc2)[C@@H](C)CN1C(=O)c1cc2c(C(=O)C(=O)N(C)C)c[nH]c2cc1Cl.C[C@@H]1CN(Cc2ccc(F)cc2)[C@@H](C)CN1C(=O)c1cc2cc[nH]c2cc1Cl. The molecule has 0 radical (unpaired) electrons. The number of carbonyl (C=O) groups is 4. The Balaban J connectivity index is 0.000000210. The van der Waals surface area contributed by atoms with Crippen molar-refractivity contribution in [3.05, 3.63) is 141 Å². The predicted octanol–water partition coefficient (Wildman–Crippen LogP) is 8.50. The van der Waals surface area contributed by atoms with Crippen molar-refractivity contribution in [1.82, 2.24) is 39.8 Å². The minimum absolute atomic E-state index is 0.0334. The quantitative estimate of drug-likeness (QED) is 0.103. The minimum atomic E-state index is -0.654. The summed E-state index contributed by atoms with van der Waals surface area (Å²) in [5, 5.41) is 4.95. The smallest absolute Gasteiger partial charge is 0.294 e. The molecule has 4 atom stereocenters. The molecule has 2 saturated heterocycles. The van der Waals surface area contributed by atoms with Gasteiger partial charge in [-0.2, -0.15) is 0 Å². The van der Waals surface area contributed by atoms with Crippen molar-refractivity contribution >= 4 is 68.5 Å². The van der Waals surface area contributed by atoms with Crippen LogP contribution in [-0.4, -0.2) is 137 Å². The highest BCUT2D eigenvalue weighted by atomic mass is 35.5. The van der Waals surface area contributed by atoms with Gasteiger partial charge in [-0.3, -0.25) is 29.0 Å². The molecule has 12 nitrogen and oxygen atoms in total. The number of H-pyrrole nitrogens is 2. The molecule has 2 fully saturated rings. The second-order valence-corrected chi connectivity index (χ2v) is 18.2. The summed E-state index contributed by atoms with van der Waals surface area (Å²) in [6.07, 6.45) is 3.31. The van der Waals surface area contributed by atoms with E-state index in [1.807, 2.05) is 62.4 Å². The number of fused-ring (bicyclic) bond motifs is 2. The van der Waals surface area contributed by atoms with Crippen molar-refractivity contribution in [2.45, 2.75) is 65.0 Å². The number of nitrogens with zero attached hydrogens (tertiary/aromatic N) is 5. The van der Waals surface area contributed by atoms with E-state index in [4.69, 9.17) is 23.2 Å². The minimum Gasteiger partial charge on any atom is -0.361 e. The average molecular weight is 944 g/mol. The Kier molecular flexibility index (Phi) is 16.4. The summed E-state index contributed by atoms with van der Waals surface area (Å²) in [5.74, 6) is -2.05. The zero-order valence-electron chi connectivity index (χ0n) is 38.6. The number of hydrogen-bond acceptors (Lipinski definition) is 7. The number of amides is 3. The fourth-order valence-electron chi connectivity index (χ4n) is 8.41. The number of carbonyl (C=O) groups excluding carboxylic acids is 4. The Hall–Kier alpha value is -5.64. The third kappa shape index (κ3) is 11.5. The summed E-state index contributed by atoms with van der Waals surface area (Å²) in [5.41, 5.74) is 4.61. The highest BCUT2D eigenvalue weighted by molar-refractivity contribution is 6.45. The van der Waals surface area contributed by atoms with Crippen molar-refractivity contribution in [1.29, 1.82) is 0 Å². The van der Waals surface area contributed by atoms with Crippen LogP contribution in [0.5, 0.6) is 0 Å². The summed E-state index contributed by atoms with van der Waals surface area (Å²) < 4.78 is 26.4. The van der Waals surface area contributed by atoms with E-state index < -0.39 is 11.7 Å². The molecule has 0 aliphatic carbocycles. The molecule has 0 saturated carbocycles. The number of aromatic nitrogens is 2. The molecular weight excluding hydrogens is 886 g/mol. The van der Waals surface area contributed by atoms with E-state index in [2.05, 4.69) is 45.9 Å². The fraction of sp³-hybridized carbons (Fsp3) is 0.360. The molecule has 66 heavy (non-hydrogen) atoms. The number of aromatic amines is 2. The standard InChI is InChI=1S/C26H28ClFN4O3.C22H23ClFN3O.C2H7N/c1-15-13-32(16(2)12-31(15)14-17-5-7-18(28)8-6-17)25(34)20-9-19-21(24(33)26(35)30(3)4)11-29-23(19)10-22(20)27;1-14-12-27(15(2)11-26(14)13-16-3-5-18(24)6-4-16)22(28)19-9-17-7-8-25-21(17)10-20(19)23;1-3-2/h5-11,15-16,29H,12-14H2,1-4H3;3-10,14-15,25H,11-13H2,1-2H3;3H,1-2H3/t15-,16+;14-,15+;/m00./s1. The van der Waals surface area contributed by atoms with Gasteiger partial charge in [0.05, 0.1) is 26.7 Å². The lowest BCUT2D eigenvalue weighted by molar-refractivity contribution is -0.124. The van der Waals surface area contributed by atoms with Gasteiger partial charge in [0.1, 0.15) is 11.6 Å². The molecule has 0 bridgehead atoms. The molecule has 4 heterocycles. The molecule has 3 amide bonds. The van der Waals surface area contributed by atoms with Crippen LogP contribution in [0.15, 0.2) is 91.3 Å². The number of nitrogens with one attached hydrogen (secondary N) is 3. The van der Waals surface area contributed by atoms with E-state index in [1.165, 1.54) is 49.5 Å². The van der Waals surface area contributed by atoms with E-state index in [1.54, 1.807) is 29.2 Å². The Bertz CT molecular complexity index is 2670. The normalized spacial score (nSPS) is 18.9. The molecule has 3 N–H and O–H groups in total. The number of benzene rings is 4. The van der Waals surface area contributed by atoms with Gasteiger partial charge in [-0.05, 0) is 108 Å². The summed E-state index contributed by atoms with van der Waals surface area (Å²) in [6, 6.07) is 22.1. The van der Waals surface area contributed by atoms with Gasteiger partial charge < -0.3 is 30.0 Å². The van der Waals surface area contributed by atoms with Crippen LogP contribution in [0.4, 0.5) is 8.78 Å². The van der Waals surface area contributed by atoms with E-state index in [-0.39, 0.29) is 63.8 Å². The first-order chi connectivity index (χ1) is 31.4. The number of likely N-dealkylation sites (N-methyl/N-ethyl adjacent to an activating group) is 1. The highest BCUT2D eigenvalue weighted by Gasteiger charge is 2.35. The number of ketones is 1. The fourth-order valence-corrected chi connectivity index (χ4v) is 8.90. The zero-order valence-corrected chi connectivity index (χ0v) is 40.1. The summed E-state index contributed by atoms with van der Waals surface area (Å²) in [4.78, 5) is 67.3. The molecular formula is C50H58Cl2F2N8O4. The molecule has 6 aromatic rings. The molecule has 16 heteroatoms.